The Morgan fingerprint density at radius 3 is 2.88 bits per heavy atom. The molecule has 3 rings (SSSR count). The Kier molecular flexibility index (Phi) is 5.51. The first-order chi connectivity index (χ1) is 12.0. The van der Waals surface area contributed by atoms with E-state index in [1.807, 2.05) is 0 Å². The highest BCUT2D eigenvalue weighted by atomic mass is 16.1. The van der Waals surface area contributed by atoms with Gasteiger partial charge in [-0.15, -0.1) is 0 Å². The van der Waals surface area contributed by atoms with Crippen LogP contribution in [0.2, 0.25) is 0 Å². The third-order valence-electron chi connectivity index (χ3n) is 5.98. The summed E-state index contributed by atoms with van der Waals surface area (Å²) in [4.78, 5) is 16.1. The van der Waals surface area contributed by atoms with Gasteiger partial charge in [0.25, 0.3) is 0 Å². The van der Waals surface area contributed by atoms with Crippen molar-refractivity contribution in [3.8, 4) is 0 Å². The molecule has 0 radical (unpaired) electrons. The molecule has 0 bridgehead atoms. The molecule has 136 valence electrons. The maximum Gasteiger partial charge on any atom is 0.223 e. The SMILES string of the molecule is Cc1ccc2c(CCNC(=O)C3CC(C)CCC3C(C)C)c[nH]c2c1. The van der Waals surface area contributed by atoms with Crippen LogP contribution < -0.4 is 5.32 Å². The predicted molar refractivity (Wildman–Crippen MR) is 105 cm³/mol. The Morgan fingerprint density at radius 2 is 2.12 bits per heavy atom. The van der Waals surface area contributed by atoms with E-state index in [1.165, 1.54) is 34.9 Å². The fourth-order valence-corrected chi connectivity index (χ4v) is 4.46. The molecule has 25 heavy (non-hydrogen) atoms. The minimum atomic E-state index is 0.189. The van der Waals surface area contributed by atoms with Crippen LogP contribution in [0.1, 0.15) is 51.2 Å². The molecule has 2 aromatic rings. The van der Waals surface area contributed by atoms with Crippen LogP contribution in [0.25, 0.3) is 10.9 Å². The summed E-state index contributed by atoms with van der Waals surface area (Å²) in [5.41, 5.74) is 3.73. The Morgan fingerprint density at radius 1 is 1.32 bits per heavy atom. The van der Waals surface area contributed by atoms with Crippen LogP contribution in [-0.2, 0) is 11.2 Å². The summed E-state index contributed by atoms with van der Waals surface area (Å²) in [6.07, 6.45) is 6.46. The highest BCUT2D eigenvalue weighted by molar-refractivity contribution is 5.84. The molecule has 3 unspecified atom stereocenters. The van der Waals surface area contributed by atoms with Gasteiger partial charge in [0.15, 0.2) is 0 Å². The second-order valence-corrected chi connectivity index (χ2v) is 8.34. The maximum absolute atomic E-state index is 12.8. The van der Waals surface area contributed by atoms with Crippen LogP contribution in [0.4, 0.5) is 0 Å². The van der Waals surface area contributed by atoms with Crippen LogP contribution in [0.3, 0.4) is 0 Å². The van der Waals surface area contributed by atoms with Gasteiger partial charge in [0, 0.05) is 29.6 Å². The van der Waals surface area contributed by atoms with Crippen LogP contribution in [0.5, 0.6) is 0 Å². The number of benzene rings is 1. The molecule has 2 N–H and O–H groups in total. The number of aromatic nitrogens is 1. The highest BCUT2D eigenvalue weighted by Gasteiger charge is 2.35. The van der Waals surface area contributed by atoms with Crippen molar-refractivity contribution in [1.82, 2.24) is 10.3 Å². The van der Waals surface area contributed by atoms with E-state index in [2.05, 4.69) is 62.4 Å². The van der Waals surface area contributed by atoms with E-state index in [4.69, 9.17) is 0 Å². The van der Waals surface area contributed by atoms with Gasteiger partial charge in [-0.1, -0.05) is 39.3 Å². The van der Waals surface area contributed by atoms with Crippen molar-refractivity contribution in [2.75, 3.05) is 6.54 Å². The molecular weight excluding hydrogens is 308 g/mol. The monoisotopic (exact) mass is 340 g/mol. The van der Waals surface area contributed by atoms with E-state index in [1.54, 1.807) is 0 Å². The van der Waals surface area contributed by atoms with Gasteiger partial charge in [0.05, 0.1) is 0 Å². The summed E-state index contributed by atoms with van der Waals surface area (Å²) in [5, 5.41) is 4.49. The standard InChI is InChI=1S/C22H32N2O/c1-14(2)18-7-5-15(3)11-20(18)22(25)23-10-9-17-13-24-21-12-16(4)6-8-19(17)21/h6,8,12-15,18,20,24H,5,7,9-11H2,1-4H3,(H,23,25). The first-order valence-electron chi connectivity index (χ1n) is 9.80. The average molecular weight is 341 g/mol. The Labute approximate surface area is 151 Å². The third-order valence-corrected chi connectivity index (χ3v) is 5.98. The van der Waals surface area contributed by atoms with Gasteiger partial charge in [-0.25, -0.2) is 0 Å². The minimum Gasteiger partial charge on any atom is -0.361 e. The fraction of sp³-hybridized carbons (Fsp3) is 0.591. The maximum atomic E-state index is 12.8. The number of aromatic amines is 1. The van der Waals surface area contributed by atoms with E-state index in [0.717, 1.165) is 19.4 Å². The first kappa shape index (κ1) is 18.0. The summed E-state index contributed by atoms with van der Waals surface area (Å²) in [6.45, 7) is 9.63. The lowest BCUT2D eigenvalue weighted by molar-refractivity contribution is -0.129. The van der Waals surface area contributed by atoms with Gasteiger partial charge < -0.3 is 10.3 Å². The van der Waals surface area contributed by atoms with Crippen molar-refractivity contribution in [2.24, 2.45) is 23.7 Å². The summed E-state index contributed by atoms with van der Waals surface area (Å²) in [6, 6.07) is 6.50. The second-order valence-electron chi connectivity index (χ2n) is 8.34. The van der Waals surface area contributed by atoms with E-state index in [-0.39, 0.29) is 11.8 Å². The number of amides is 1. The Balaban J connectivity index is 1.59. The Hall–Kier alpha value is -1.77. The molecule has 1 amide bonds. The minimum absolute atomic E-state index is 0.189. The molecular formula is C22H32N2O. The number of hydrogen-bond donors (Lipinski definition) is 2. The lowest BCUT2D eigenvalue weighted by Gasteiger charge is -2.36. The van der Waals surface area contributed by atoms with Crippen molar-refractivity contribution in [3.63, 3.8) is 0 Å². The van der Waals surface area contributed by atoms with E-state index >= 15 is 0 Å². The normalized spacial score (nSPS) is 24.0. The number of fused-ring (bicyclic) bond motifs is 1. The number of aryl methyl sites for hydroxylation is 1. The first-order valence-corrected chi connectivity index (χ1v) is 9.80. The van der Waals surface area contributed by atoms with Crippen molar-refractivity contribution in [2.45, 2.75) is 53.4 Å². The lowest BCUT2D eigenvalue weighted by atomic mass is 9.70. The van der Waals surface area contributed by atoms with Crippen molar-refractivity contribution in [1.29, 1.82) is 0 Å². The summed E-state index contributed by atoms with van der Waals surface area (Å²) in [7, 11) is 0. The number of carbonyl (C=O) groups is 1. The van der Waals surface area contributed by atoms with Gasteiger partial charge in [0.2, 0.25) is 5.91 Å². The lowest BCUT2D eigenvalue weighted by Crippen LogP contribution is -2.40. The molecule has 1 aromatic heterocycles. The zero-order chi connectivity index (χ0) is 18.0. The zero-order valence-corrected chi connectivity index (χ0v) is 16.1. The van der Waals surface area contributed by atoms with Crippen molar-refractivity contribution >= 4 is 16.8 Å². The quantitative estimate of drug-likeness (QED) is 0.803. The molecule has 1 aliphatic carbocycles. The molecule has 0 saturated heterocycles. The summed E-state index contributed by atoms with van der Waals surface area (Å²) in [5.74, 6) is 2.24. The zero-order valence-electron chi connectivity index (χ0n) is 16.1. The smallest absolute Gasteiger partial charge is 0.223 e. The molecule has 1 aromatic carbocycles. The average Bonchev–Trinajstić information content (AvgIpc) is 2.96. The molecule has 0 aliphatic heterocycles. The molecule has 3 heteroatoms. The number of H-pyrrole nitrogens is 1. The van der Waals surface area contributed by atoms with Crippen LogP contribution >= 0.6 is 0 Å². The van der Waals surface area contributed by atoms with Crippen molar-refractivity contribution < 1.29 is 4.79 Å². The summed E-state index contributed by atoms with van der Waals surface area (Å²) < 4.78 is 0. The largest absolute Gasteiger partial charge is 0.361 e. The van der Waals surface area contributed by atoms with E-state index < -0.39 is 0 Å². The second kappa shape index (κ2) is 7.63. The Bertz CT molecular complexity index is 731. The van der Waals surface area contributed by atoms with E-state index in [9.17, 15) is 4.79 Å². The topological polar surface area (TPSA) is 44.9 Å². The number of carbonyl (C=O) groups excluding carboxylic acids is 1. The van der Waals surface area contributed by atoms with Gasteiger partial charge in [-0.05, 0) is 61.1 Å². The molecule has 1 fully saturated rings. The molecule has 1 aliphatic rings. The van der Waals surface area contributed by atoms with Gasteiger partial charge in [-0.3, -0.25) is 4.79 Å². The third kappa shape index (κ3) is 4.08. The van der Waals surface area contributed by atoms with Gasteiger partial charge in [0.1, 0.15) is 0 Å². The molecule has 1 saturated carbocycles. The summed E-state index contributed by atoms with van der Waals surface area (Å²) >= 11 is 0. The van der Waals surface area contributed by atoms with Crippen LogP contribution in [0.15, 0.2) is 24.4 Å². The molecule has 0 spiro atoms. The number of hydrogen-bond acceptors (Lipinski definition) is 1. The fourth-order valence-electron chi connectivity index (χ4n) is 4.46. The molecule has 3 atom stereocenters. The number of rotatable bonds is 5. The predicted octanol–water partition coefficient (Wildman–Crippen LogP) is 4.84. The van der Waals surface area contributed by atoms with Gasteiger partial charge >= 0.3 is 0 Å². The highest BCUT2D eigenvalue weighted by Crippen LogP contribution is 2.38. The van der Waals surface area contributed by atoms with Gasteiger partial charge in [-0.2, -0.15) is 0 Å². The molecule has 3 nitrogen and oxygen atoms in total. The van der Waals surface area contributed by atoms with Crippen LogP contribution in [-0.4, -0.2) is 17.4 Å². The molecule has 1 heterocycles. The van der Waals surface area contributed by atoms with E-state index in [0.29, 0.717) is 17.8 Å². The van der Waals surface area contributed by atoms with Crippen molar-refractivity contribution in [3.05, 3.63) is 35.5 Å². The van der Waals surface area contributed by atoms with Crippen LogP contribution in [0, 0.1) is 30.6 Å². The number of nitrogens with one attached hydrogen (secondary N) is 2.